The Hall–Kier alpha value is -4.94. The van der Waals surface area contributed by atoms with E-state index in [2.05, 4.69) is 0 Å². The molecule has 0 aromatic heterocycles. The second kappa shape index (κ2) is 11.9. The van der Waals surface area contributed by atoms with Gasteiger partial charge in [0.2, 0.25) is 23.6 Å². The van der Waals surface area contributed by atoms with Crippen LogP contribution in [0.25, 0.3) is 0 Å². The van der Waals surface area contributed by atoms with Crippen molar-refractivity contribution in [2.45, 2.75) is 71.3 Å². The molecule has 3 fully saturated rings. The fourth-order valence-electron chi connectivity index (χ4n) is 8.45. The van der Waals surface area contributed by atoms with Crippen molar-refractivity contribution >= 4 is 55.1 Å². The predicted molar refractivity (Wildman–Crippen MR) is 173 cm³/mol. The highest BCUT2D eigenvalue weighted by molar-refractivity contribution is 6.23. The lowest BCUT2D eigenvalue weighted by Crippen LogP contribution is -2.63. The number of carbonyl (C=O) groups is 8. The van der Waals surface area contributed by atoms with E-state index < -0.39 is 71.8 Å². The summed E-state index contributed by atoms with van der Waals surface area (Å²) in [4.78, 5) is 111. The molecule has 250 valence electrons. The lowest BCUT2D eigenvalue weighted by Gasteiger charge is -2.50. The van der Waals surface area contributed by atoms with Crippen LogP contribution < -0.4 is 0 Å². The summed E-state index contributed by atoms with van der Waals surface area (Å²) < 4.78 is 0. The summed E-state index contributed by atoms with van der Waals surface area (Å²) in [5.41, 5.74) is 2.23. The van der Waals surface area contributed by atoms with Gasteiger partial charge in [-0.05, 0) is 67.0 Å². The summed E-state index contributed by atoms with van der Waals surface area (Å²) >= 11 is 0. The minimum atomic E-state index is -0.915. The van der Waals surface area contributed by atoms with Gasteiger partial charge in [0.1, 0.15) is 6.67 Å². The maximum atomic E-state index is 13.6. The van der Waals surface area contributed by atoms with Crippen molar-refractivity contribution in [3.8, 4) is 0 Å². The zero-order chi connectivity index (χ0) is 35.0. The van der Waals surface area contributed by atoms with Gasteiger partial charge < -0.3 is 0 Å². The molecule has 2 aromatic rings. The standard InChI is InChI=1S/C36H35BN4O8/c1-4-19(5-2)40-26(42)14-25-27-29(28(25)36(40)49)35(48)39(34(27)47)16-38-30(43)21-9-7-17(12-23(21)31(38)44)11-18-8-10-22-24(13-18)33(46)41(32(22)45)20(6-3)15-37/h7-10,12-13,19-20,25,27-29H,4-6,11,14-16H2,1-3H3. The van der Waals surface area contributed by atoms with Crippen molar-refractivity contribution in [2.24, 2.45) is 23.7 Å². The van der Waals surface area contributed by atoms with Crippen LogP contribution in [-0.4, -0.2) is 93.5 Å². The molecule has 5 unspecified atom stereocenters. The highest BCUT2D eigenvalue weighted by atomic mass is 16.2. The molecule has 2 saturated heterocycles. The number of rotatable bonds is 10. The molecule has 4 aliphatic heterocycles. The van der Waals surface area contributed by atoms with Gasteiger partial charge in [0.15, 0.2) is 0 Å². The van der Waals surface area contributed by atoms with Gasteiger partial charge in [-0.3, -0.25) is 58.0 Å². The van der Waals surface area contributed by atoms with Crippen LogP contribution in [0.2, 0.25) is 6.32 Å². The molecule has 0 N–H and O–H groups in total. The molecule has 13 heteroatoms. The van der Waals surface area contributed by atoms with Crippen LogP contribution in [0, 0.1) is 23.7 Å². The minimum Gasteiger partial charge on any atom is -0.279 e. The number of nitrogens with zero attached hydrogens (tertiary/aromatic N) is 4. The first-order chi connectivity index (χ1) is 23.5. The number of benzene rings is 2. The summed E-state index contributed by atoms with van der Waals surface area (Å²) in [6.07, 6.45) is 2.16. The van der Waals surface area contributed by atoms with Gasteiger partial charge in [-0.1, -0.05) is 39.2 Å². The third-order valence-corrected chi connectivity index (χ3v) is 11.1. The Bertz CT molecular complexity index is 1880. The monoisotopic (exact) mass is 662 g/mol. The first-order valence-electron chi connectivity index (χ1n) is 16.9. The quantitative estimate of drug-likeness (QED) is 0.279. The maximum Gasteiger partial charge on any atom is 0.263 e. The van der Waals surface area contributed by atoms with Gasteiger partial charge in [-0.15, -0.1) is 0 Å². The number of imide groups is 4. The number of carbonyl (C=O) groups excluding carboxylic acids is 8. The molecule has 12 nitrogen and oxygen atoms in total. The Morgan fingerprint density at radius 1 is 0.612 bits per heavy atom. The number of likely N-dealkylation sites (tertiary alicyclic amines) is 2. The Balaban J connectivity index is 1.07. The Kier molecular flexibility index (Phi) is 7.91. The average Bonchev–Trinajstić information content (AvgIpc) is 3.55. The molecular formula is C36H35BN4O8. The van der Waals surface area contributed by atoms with E-state index in [0.29, 0.717) is 36.8 Å². The van der Waals surface area contributed by atoms with Gasteiger partial charge in [0.05, 0.1) is 47.9 Å². The minimum absolute atomic E-state index is 0.00334. The van der Waals surface area contributed by atoms with Crippen LogP contribution >= 0.6 is 0 Å². The SMILES string of the molecule is [B]CC(CC)N1C(=O)c2ccc(Cc3ccc4c(c3)C(=O)N(CN3C(=O)C5C6CC(=O)N(C(CC)CC)C(=O)C6C5C3=O)C4=O)cc2C1=O. The molecule has 0 spiro atoms. The van der Waals surface area contributed by atoms with Gasteiger partial charge in [-0.25, -0.2) is 0 Å². The van der Waals surface area contributed by atoms with E-state index in [-0.39, 0.29) is 47.3 Å². The molecule has 49 heavy (non-hydrogen) atoms. The van der Waals surface area contributed by atoms with Crippen molar-refractivity contribution in [3.63, 3.8) is 0 Å². The maximum absolute atomic E-state index is 13.6. The molecule has 1 aliphatic carbocycles. The summed E-state index contributed by atoms with van der Waals surface area (Å²) in [6.45, 7) is 5.05. The fraction of sp³-hybridized carbons (Fsp3) is 0.444. The zero-order valence-corrected chi connectivity index (χ0v) is 27.5. The molecule has 7 rings (SSSR count). The largest absolute Gasteiger partial charge is 0.279 e. The molecule has 4 heterocycles. The van der Waals surface area contributed by atoms with E-state index in [1.807, 2.05) is 20.8 Å². The third kappa shape index (κ3) is 4.64. The van der Waals surface area contributed by atoms with E-state index in [1.54, 1.807) is 30.3 Å². The lowest BCUT2D eigenvalue weighted by atomic mass is 9.54. The Morgan fingerprint density at radius 3 is 1.71 bits per heavy atom. The Labute approximate surface area is 284 Å². The van der Waals surface area contributed by atoms with E-state index in [1.165, 1.54) is 15.9 Å². The van der Waals surface area contributed by atoms with E-state index in [4.69, 9.17) is 7.85 Å². The van der Waals surface area contributed by atoms with Gasteiger partial charge >= 0.3 is 0 Å². The smallest absolute Gasteiger partial charge is 0.263 e. The second-order valence-electron chi connectivity index (χ2n) is 13.5. The topological polar surface area (TPSA) is 150 Å². The first kappa shape index (κ1) is 32.6. The van der Waals surface area contributed by atoms with Crippen molar-refractivity contribution < 1.29 is 38.4 Å². The second-order valence-corrected chi connectivity index (χ2v) is 13.5. The average molecular weight is 663 g/mol. The molecule has 5 atom stereocenters. The lowest BCUT2D eigenvalue weighted by molar-refractivity contribution is -0.175. The normalized spacial score (nSPS) is 25.0. The highest BCUT2D eigenvalue weighted by Crippen LogP contribution is 2.56. The molecule has 0 bridgehead atoms. The van der Waals surface area contributed by atoms with Gasteiger partial charge in [-0.2, -0.15) is 0 Å². The molecule has 2 radical (unpaired) electrons. The van der Waals surface area contributed by atoms with Crippen LogP contribution in [0.5, 0.6) is 0 Å². The summed E-state index contributed by atoms with van der Waals surface area (Å²) in [6, 6.07) is 9.11. The van der Waals surface area contributed by atoms with Crippen molar-refractivity contribution in [1.29, 1.82) is 0 Å². The zero-order valence-electron chi connectivity index (χ0n) is 27.5. The Morgan fingerprint density at radius 2 is 1.12 bits per heavy atom. The highest BCUT2D eigenvalue weighted by Gasteiger charge is 2.69. The molecule has 2 aromatic carbocycles. The summed E-state index contributed by atoms with van der Waals surface area (Å²) in [7, 11) is 5.80. The summed E-state index contributed by atoms with van der Waals surface area (Å²) in [5.74, 6) is -7.15. The van der Waals surface area contributed by atoms with Gasteiger partial charge in [0, 0.05) is 18.5 Å². The molecular weight excluding hydrogens is 627 g/mol. The fourth-order valence-corrected chi connectivity index (χ4v) is 8.45. The predicted octanol–water partition coefficient (Wildman–Crippen LogP) is 2.59. The number of hydrogen-bond donors (Lipinski definition) is 0. The molecule has 5 aliphatic rings. The molecule has 1 saturated carbocycles. The number of amides is 8. The number of hydrogen-bond acceptors (Lipinski definition) is 8. The third-order valence-electron chi connectivity index (χ3n) is 11.1. The van der Waals surface area contributed by atoms with Crippen molar-refractivity contribution in [2.75, 3.05) is 6.67 Å². The van der Waals surface area contributed by atoms with Crippen LogP contribution in [-0.2, 0) is 25.6 Å². The van der Waals surface area contributed by atoms with E-state index in [9.17, 15) is 38.4 Å². The van der Waals surface area contributed by atoms with Gasteiger partial charge in [0.25, 0.3) is 23.6 Å². The van der Waals surface area contributed by atoms with Crippen LogP contribution in [0.4, 0.5) is 0 Å². The first-order valence-corrected chi connectivity index (χ1v) is 16.9. The summed E-state index contributed by atoms with van der Waals surface area (Å²) in [5, 5.41) is 0. The van der Waals surface area contributed by atoms with Crippen LogP contribution in [0.1, 0.15) is 99.0 Å². The molecule has 8 amide bonds. The van der Waals surface area contributed by atoms with Crippen molar-refractivity contribution in [3.05, 3.63) is 69.8 Å². The van der Waals surface area contributed by atoms with Crippen LogP contribution in [0.15, 0.2) is 36.4 Å². The number of fused-ring (bicyclic) bond motifs is 6. The van der Waals surface area contributed by atoms with Crippen LogP contribution in [0.3, 0.4) is 0 Å². The van der Waals surface area contributed by atoms with E-state index in [0.717, 1.165) is 15.4 Å². The number of piperidine rings is 1. The van der Waals surface area contributed by atoms with E-state index >= 15 is 0 Å². The van der Waals surface area contributed by atoms with Crippen molar-refractivity contribution in [1.82, 2.24) is 19.6 Å².